The largest absolute Gasteiger partial charge is 0.490 e. The molecule has 0 unspecified atom stereocenters. The van der Waals surface area contributed by atoms with Crippen LogP contribution in [0.3, 0.4) is 0 Å². The van der Waals surface area contributed by atoms with E-state index in [9.17, 15) is 9.59 Å². The second kappa shape index (κ2) is 8.93. The summed E-state index contributed by atoms with van der Waals surface area (Å²) in [7, 11) is 0. The second-order valence-corrected chi connectivity index (χ2v) is 6.49. The van der Waals surface area contributed by atoms with Gasteiger partial charge in [-0.1, -0.05) is 24.3 Å². The Morgan fingerprint density at radius 2 is 1.52 bits per heavy atom. The van der Waals surface area contributed by atoms with Crippen LogP contribution in [0, 0.1) is 6.92 Å². The van der Waals surface area contributed by atoms with E-state index in [1.165, 1.54) is 0 Å². The van der Waals surface area contributed by atoms with Gasteiger partial charge in [-0.2, -0.15) is 0 Å². The first-order valence-electron chi connectivity index (χ1n) is 9.11. The number of hydrogen-bond donors (Lipinski definition) is 2. The van der Waals surface area contributed by atoms with E-state index in [-0.39, 0.29) is 0 Å². The Kier molecular flexibility index (Phi) is 6.14. The molecule has 0 spiro atoms. The van der Waals surface area contributed by atoms with Crippen molar-refractivity contribution in [3.8, 4) is 11.5 Å². The van der Waals surface area contributed by atoms with Crippen LogP contribution < -0.4 is 20.9 Å². The number of nitrogens with two attached hydrogens (primary N) is 2. The molecule has 0 saturated carbocycles. The van der Waals surface area contributed by atoms with Crippen molar-refractivity contribution in [2.45, 2.75) is 6.92 Å². The summed E-state index contributed by atoms with van der Waals surface area (Å²) < 4.78 is 11.2. The Bertz CT molecular complexity index is 1030. The monoisotopic (exact) mass is 390 g/mol. The minimum Gasteiger partial charge on any atom is -0.490 e. The molecule has 29 heavy (non-hydrogen) atoms. The predicted octanol–water partition coefficient (Wildman–Crippen LogP) is 3.68. The maximum Gasteiger partial charge on any atom is 0.233 e. The van der Waals surface area contributed by atoms with Crippen molar-refractivity contribution in [2.75, 3.05) is 24.7 Å². The molecule has 6 heteroatoms. The van der Waals surface area contributed by atoms with E-state index in [1.807, 2.05) is 6.07 Å². The van der Waals surface area contributed by atoms with E-state index in [2.05, 4.69) is 0 Å². The van der Waals surface area contributed by atoms with E-state index < -0.39 is 11.6 Å². The number of carbonyl (C=O) groups is 2. The average molecular weight is 390 g/mol. The van der Waals surface area contributed by atoms with Crippen LogP contribution in [0.4, 0.5) is 11.4 Å². The third-order valence-electron chi connectivity index (χ3n) is 4.36. The number of aryl methyl sites for hydroxylation is 1. The normalized spacial score (nSPS) is 10.4. The smallest absolute Gasteiger partial charge is 0.233 e. The highest BCUT2D eigenvalue weighted by atomic mass is 16.5. The molecule has 0 aliphatic rings. The first-order chi connectivity index (χ1) is 14.0. The fraction of sp³-hybridized carbons (Fsp3) is 0.130. The summed E-state index contributed by atoms with van der Waals surface area (Å²) in [5.74, 6) is 0.0384. The number of ether oxygens (including phenoxy) is 2. The molecule has 6 nitrogen and oxygen atoms in total. The van der Waals surface area contributed by atoms with Crippen molar-refractivity contribution in [1.82, 2.24) is 0 Å². The van der Waals surface area contributed by atoms with Gasteiger partial charge in [0.05, 0.1) is 5.69 Å². The molecule has 0 aromatic heterocycles. The number of ketones is 2. The number of Topliss-reactive ketones (excluding diaryl/α,β-unsaturated/α-hetero) is 2. The lowest BCUT2D eigenvalue weighted by atomic mass is 9.98. The molecule has 0 bridgehead atoms. The van der Waals surface area contributed by atoms with E-state index in [0.717, 1.165) is 5.56 Å². The summed E-state index contributed by atoms with van der Waals surface area (Å²) in [5.41, 5.74) is 14.0. The fourth-order valence-corrected chi connectivity index (χ4v) is 2.79. The predicted molar refractivity (Wildman–Crippen MR) is 113 cm³/mol. The van der Waals surface area contributed by atoms with Crippen LogP contribution >= 0.6 is 0 Å². The summed E-state index contributed by atoms with van der Waals surface area (Å²) in [4.78, 5) is 24.9. The summed E-state index contributed by atoms with van der Waals surface area (Å²) in [6, 6.07) is 18.5. The zero-order chi connectivity index (χ0) is 20.8. The van der Waals surface area contributed by atoms with Gasteiger partial charge in [0.1, 0.15) is 24.7 Å². The summed E-state index contributed by atoms with van der Waals surface area (Å²) in [6.45, 7) is 2.39. The molecule has 0 aliphatic heterocycles. The van der Waals surface area contributed by atoms with Crippen LogP contribution in [-0.4, -0.2) is 24.8 Å². The molecule has 0 amide bonds. The zero-order valence-electron chi connectivity index (χ0n) is 16.1. The van der Waals surface area contributed by atoms with E-state index in [1.54, 1.807) is 67.6 Å². The van der Waals surface area contributed by atoms with Gasteiger partial charge in [-0.25, -0.2) is 0 Å². The van der Waals surface area contributed by atoms with Gasteiger partial charge in [-0.15, -0.1) is 0 Å². The van der Waals surface area contributed by atoms with Gasteiger partial charge in [0.2, 0.25) is 11.6 Å². The molecular weight excluding hydrogens is 368 g/mol. The van der Waals surface area contributed by atoms with Crippen molar-refractivity contribution in [3.05, 3.63) is 83.4 Å². The summed E-state index contributed by atoms with van der Waals surface area (Å²) in [5, 5.41) is 0. The third-order valence-corrected chi connectivity index (χ3v) is 4.36. The molecule has 4 N–H and O–H groups in total. The average Bonchev–Trinajstić information content (AvgIpc) is 2.72. The molecule has 3 aromatic rings. The van der Waals surface area contributed by atoms with Crippen LogP contribution in [0.2, 0.25) is 0 Å². The highest BCUT2D eigenvalue weighted by Crippen LogP contribution is 2.23. The Morgan fingerprint density at radius 3 is 2.21 bits per heavy atom. The molecule has 0 fully saturated rings. The van der Waals surface area contributed by atoms with Gasteiger partial charge in [-0.05, 0) is 55.0 Å². The number of hydrogen-bond acceptors (Lipinski definition) is 6. The standard InChI is InChI=1S/C23H22N2O4/c1-15-4-2-3-5-19(15)23(27)22(26)16-6-9-18(10-7-16)28-12-13-29-21-11-8-17(24)14-20(21)25/h2-11,14H,12-13,24-25H2,1H3. The first-order valence-corrected chi connectivity index (χ1v) is 9.11. The number of benzene rings is 3. The van der Waals surface area contributed by atoms with Gasteiger partial charge in [0, 0.05) is 16.8 Å². The zero-order valence-corrected chi connectivity index (χ0v) is 16.1. The number of carbonyl (C=O) groups excluding carboxylic acids is 2. The van der Waals surface area contributed by atoms with Gasteiger partial charge in [0.25, 0.3) is 0 Å². The minimum atomic E-state index is -0.548. The van der Waals surface area contributed by atoms with Crippen LogP contribution in [0.1, 0.15) is 26.3 Å². The van der Waals surface area contributed by atoms with Gasteiger partial charge < -0.3 is 20.9 Å². The Labute approximate surface area is 169 Å². The van der Waals surface area contributed by atoms with Crippen molar-refractivity contribution in [1.29, 1.82) is 0 Å². The van der Waals surface area contributed by atoms with Crippen LogP contribution in [-0.2, 0) is 0 Å². The summed E-state index contributed by atoms with van der Waals surface area (Å²) in [6.07, 6.45) is 0. The van der Waals surface area contributed by atoms with E-state index in [0.29, 0.717) is 47.2 Å². The second-order valence-electron chi connectivity index (χ2n) is 6.49. The topological polar surface area (TPSA) is 105 Å². The lowest BCUT2D eigenvalue weighted by Gasteiger charge is -2.11. The van der Waals surface area contributed by atoms with E-state index in [4.69, 9.17) is 20.9 Å². The number of rotatable bonds is 8. The van der Waals surface area contributed by atoms with Gasteiger partial charge in [-0.3, -0.25) is 9.59 Å². The Hall–Kier alpha value is -3.80. The molecule has 0 aliphatic carbocycles. The van der Waals surface area contributed by atoms with Gasteiger partial charge >= 0.3 is 0 Å². The molecular formula is C23H22N2O4. The molecule has 148 valence electrons. The molecule has 3 aromatic carbocycles. The molecule has 0 heterocycles. The van der Waals surface area contributed by atoms with Crippen molar-refractivity contribution in [2.24, 2.45) is 0 Å². The van der Waals surface area contributed by atoms with Crippen molar-refractivity contribution >= 4 is 22.9 Å². The quantitative estimate of drug-likeness (QED) is 0.263. The summed E-state index contributed by atoms with van der Waals surface area (Å²) >= 11 is 0. The van der Waals surface area contributed by atoms with Crippen LogP contribution in [0.5, 0.6) is 11.5 Å². The first kappa shape index (κ1) is 19.9. The van der Waals surface area contributed by atoms with Crippen LogP contribution in [0.25, 0.3) is 0 Å². The Balaban J connectivity index is 1.54. The third kappa shape index (κ3) is 4.93. The molecule has 0 saturated heterocycles. The lowest BCUT2D eigenvalue weighted by molar-refractivity contribution is 0.0816. The lowest BCUT2D eigenvalue weighted by Crippen LogP contribution is -2.15. The fourth-order valence-electron chi connectivity index (χ4n) is 2.79. The molecule has 3 rings (SSSR count). The SMILES string of the molecule is Cc1ccccc1C(=O)C(=O)c1ccc(OCCOc2ccc(N)cc2N)cc1. The van der Waals surface area contributed by atoms with Crippen LogP contribution in [0.15, 0.2) is 66.7 Å². The highest BCUT2D eigenvalue weighted by Gasteiger charge is 2.19. The highest BCUT2D eigenvalue weighted by molar-refractivity contribution is 6.49. The Morgan fingerprint density at radius 1 is 0.828 bits per heavy atom. The van der Waals surface area contributed by atoms with Crippen molar-refractivity contribution < 1.29 is 19.1 Å². The van der Waals surface area contributed by atoms with Crippen molar-refractivity contribution in [3.63, 3.8) is 0 Å². The molecule has 0 atom stereocenters. The minimum absolute atomic E-state index is 0.291. The van der Waals surface area contributed by atoms with E-state index >= 15 is 0 Å². The maximum atomic E-state index is 12.5. The van der Waals surface area contributed by atoms with Gasteiger partial charge in [0.15, 0.2) is 0 Å². The number of anilines is 2. The molecule has 0 radical (unpaired) electrons. The number of nitrogen functional groups attached to an aromatic ring is 2. The maximum absolute atomic E-state index is 12.5.